The number of carbonyl (C=O) groups is 1. The van der Waals surface area contributed by atoms with Crippen LogP contribution in [0.1, 0.15) is 29.8 Å². The van der Waals surface area contributed by atoms with Gasteiger partial charge in [-0.05, 0) is 62.0 Å². The summed E-state index contributed by atoms with van der Waals surface area (Å²) in [6.45, 7) is 9.87. The first kappa shape index (κ1) is 34.4. The number of likely N-dealkylation sites (N-methyl/N-ethyl adjacent to an activating group) is 1. The summed E-state index contributed by atoms with van der Waals surface area (Å²) in [6.07, 6.45) is 0. The molecule has 0 radical (unpaired) electrons. The Morgan fingerprint density at radius 2 is 1.57 bits per heavy atom. The van der Waals surface area contributed by atoms with E-state index < -0.39 is 10.0 Å². The second kappa shape index (κ2) is 16.0. The fourth-order valence-corrected chi connectivity index (χ4v) is 6.99. The molecule has 1 amide bonds. The molecule has 0 bridgehead atoms. The van der Waals surface area contributed by atoms with Crippen molar-refractivity contribution in [3.8, 4) is 0 Å². The van der Waals surface area contributed by atoms with Crippen LogP contribution in [0.15, 0.2) is 41.3 Å². The molecular formula is C27H38Cl2N4O5S2. The normalized spacial score (nSPS) is 11.8. The molecule has 3 aromatic rings. The first-order chi connectivity index (χ1) is 18.7. The van der Waals surface area contributed by atoms with Gasteiger partial charge in [-0.15, -0.1) is 12.4 Å². The summed E-state index contributed by atoms with van der Waals surface area (Å²) in [5.41, 5.74) is 2.13. The average molecular weight is 634 g/mol. The maximum atomic E-state index is 13.8. The third-order valence-corrected chi connectivity index (χ3v) is 9.63. The summed E-state index contributed by atoms with van der Waals surface area (Å²) in [5, 5.41) is 1.20. The average Bonchev–Trinajstić information content (AvgIpc) is 3.35. The fourth-order valence-electron chi connectivity index (χ4n) is 4.14. The summed E-state index contributed by atoms with van der Waals surface area (Å²) in [5.74, 6) is -0.246. The highest BCUT2D eigenvalue weighted by Gasteiger charge is 2.26. The number of anilines is 1. The highest BCUT2D eigenvalue weighted by atomic mass is 35.5. The van der Waals surface area contributed by atoms with Gasteiger partial charge >= 0.3 is 0 Å². The van der Waals surface area contributed by atoms with E-state index in [4.69, 9.17) is 26.1 Å². The molecule has 0 N–H and O–H groups in total. The molecular weight excluding hydrogens is 595 g/mol. The van der Waals surface area contributed by atoms with Gasteiger partial charge in [0.1, 0.15) is 0 Å². The molecule has 0 aliphatic carbocycles. The van der Waals surface area contributed by atoms with Gasteiger partial charge in [-0.2, -0.15) is 4.31 Å². The Balaban J connectivity index is 0.00000560. The second-order valence-electron chi connectivity index (χ2n) is 8.96. The molecule has 0 saturated heterocycles. The van der Waals surface area contributed by atoms with Crippen molar-refractivity contribution in [3.05, 3.63) is 52.5 Å². The van der Waals surface area contributed by atoms with Crippen molar-refractivity contribution >= 4 is 66.6 Å². The van der Waals surface area contributed by atoms with E-state index in [-0.39, 0.29) is 49.5 Å². The third-order valence-electron chi connectivity index (χ3n) is 6.48. The fraction of sp³-hybridized carbons (Fsp3) is 0.481. The van der Waals surface area contributed by atoms with E-state index in [2.05, 4.69) is 18.7 Å². The van der Waals surface area contributed by atoms with E-state index in [1.165, 1.54) is 42.0 Å². The van der Waals surface area contributed by atoms with Gasteiger partial charge < -0.3 is 14.4 Å². The summed E-state index contributed by atoms with van der Waals surface area (Å²) >= 11 is 7.68. The number of carbonyl (C=O) groups excluding carboxylic acids is 1. The molecule has 9 nitrogen and oxygen atoms in total. The maximum absolute atomic E-state index is 13.8. The van der Waals surface area contributed by atoms with Crippen molar-refractivity contribution in [1.29, 1.82) is 0 Å². The Labute approximate surface area is 252 Å². The van der Waals surface area contributed by atoms with Crippen LogP contribution in [-0.4, -0.2) is 95.2 Å². The lowest BCUT2D eigenvalue weighted by Gasteiger charge is -2.25. The first-order valence-corrected chi connectivity index (χ1v) is 15.5. The molecule has 0 atom stereocenters. The molecule has 222 valence electrons. The lowest BCUT2D eigenvalue weighted by Crippen LogP contribution is -2.39. The summed E-state index contributed by atoms with van der Waals surface area (Å²) in [6, 6.07) is 9.77. The van der Waals surface area contributed by atoms with Gasteiger partial charge in [0.15, 0.2) is 5.13 Å². The van der Waals surface area contributed by atoms with Crippen LogP contribution in [0, 0.1) is 6.92 Å². The zero-order valence-electron chi connectivity index (χ0n) is 23.6. The number of aryl methyl sites for hydroxylation is 1. The lowest BCUT2D eigenvalue weighted by molar-refractivity contribution is 0.0983. The molecule has 0 aliphatic heterocycles. The van der Waals surface area contributed by atoms with Crippen LogP contribution in [0.3, 0.4) is 0 Å². The molecule has 2 aromatic carbocycles. The van der Waals surface area contributed by atoms with Crippen LogP contribution in [0.2, 0.25) is 5.02 Å². The van der Waals surface area contributed by atoms with Crippen molar-refractivity contribution in [2.75, 3.05) is 71.6 Å². The minimum Gasteiger partial charge on any atom is -0.383 e. The predicted molar refractivity (Wildman–Crippen MR) is 165 cm³/mol. The number of ether oxygens (including phenoxy) is 2. The number of benzene rings is 2. The number of nitrogens with zero attached hydrogens (tertiary/aromatic N) is 4. The quantitative estimate of drug-likeness (QED) is 0.234. The van der Waals surface area contributed by atoms with Crippen LogP contribution in [0.25, 0.3) is 10.2 Å². The Morgan fingerprint density at radius 1 is 0.975 bits per heavy atom. The van der Waals surface area contributed by atoms with Gasteiger partial charge in [0.25, 0.3) is 5.91 Å². The monoisotopic (exact) mass is 632 g/mol. The summed E-state index contributed by atoms with van der Waals surface area (Å²) in [7, 11) is -0.751. The number of aromatic nitrogens is 1. The van der Waals surface area contributed by atoms with Gasteiger partial charge in [-0.3, -0.25) is 9.69 Å². The van der Waals surface area contributed by atoms with Crippen molar-refractivity contribution < 1.29 is 22.7 Å². The van der Waals surface area contributed by atoms with Gasteiger partial charge in [-0.25, -0.2) is 13.4 Å². The number of rotatable bonds is 15. The van der Waals surface area contributed by atoms with Gasteiger partial charge in [0.05, 0.1) is 28.3 Å². The molecule has 40 heavy (non-hydrogen) atoms. The SMILES string of the molecule is CCN(CC)CCN(C(=O)c1ccc(S(=O)(=O)N(CCOC)CCOC)cc1)c1nc2c(C)cc(Cl)cc2s1.Cl. The number of methoxy groups -OCH3 is 2. The van der Waals surface area contributed by atoms with E-state index in [1.54, 1.807) is 17.0 Å². The van der Waals surface area contributed by atoms with Gasteiger partial charge in [-0.1, -0.05) is 36.8 Å². The molecule has 13 heteroatoms. The van der Waals surface area contributed by atoms with Crippen molar-refractivity contribution in [3.63, 3.8) is 0 Å². The molecule has 1 heterocycles. The van der Waals surface area contributed by atoms with Crippen LogP contribution in [-0.2, 0) is 19.5 Å². The Morgan fingerprint density at radius 3 is 2.12 bits per heavy atom. The largest absolute Gasteiger partial charge is 0.383 e. The highest BCUT2D eigenvalue weighted by Crippen LogP contribution is 2.33. The second-order valence-corrected chi connectivity index (χ2v) is 12.3. The van der Waals surface area contributed by atoms with Crippen molar-refractivity contribution in [2.24, 2.45) is 0 Å². The number of hydrogen-bond acceptors (Lipinski definition) is 8. The van der Waals surface area contributed by atoms with E-state index in [9.17, 15) is 13.2 Å². The van der Waals surface area contributed by atoms with E-state index in [0.29, 0.717) is 28.8 Å². The smallest absolute Gasteiger partial charge is 0.260 e. The highest BCUT2D eigenvalue weighted by molar-refractivity contribution is 7.89. The van der Waals surface area contributed by atoms with E-state index in [1.807, 2.05) is 19.1 Å². The summed E-state index contributed by atoms with van der Waals surface area (Å²) in [4.78, 5) is 22.6. The van der Waals surface area contributed by atoms with Crippen LogP contribution in [0.5, 0.6) is 0 Å². The lowest BCUT2D eigenvalue weighted by atomic mass is 10.2. The first-order valence-electron chi connectivity index (χ1n) is 12.8. The number of halogens is 2. The van der Waals surface area contributed by atoms with Crippen molar-refractivity contribution in [1.82, 2.24) is 14.2 Å². The standard InChI is InChI=1S/C27H37ClN4O5S2.ClH/c1-6-30(7-2)12-13-32(27-29-25-20(3)18-22(28)19-24(25)38-27)26(33)21-8-10-23(11-9-21)39(34,35)31(14-16-36-4)15-17-37-5;/h8-11,18-19H,6-7,12-17H2,1-5H3;1H. The summed E-state index contributed by atoms with van der Waals surface area (Å²) < 4.78 is 38.9. The number of hydrogen-bond donors (Lipinski definition) is 0. The molecule has 0 spiro atoms. The zero-order valence-corrected chi connectivity index (χ0v) is 26.8. The van der Waals surface area contributed by atoms with Gasteiger partial charge in [0, 0.05) is 51.0 Å². The zero-order chi connectivity index (χ0) is 28.6. The molecule has 0 fully saturated rings. The van der Waals surface area contributed by atoms with Gasteiger partial charge in [0.2, 0.25) is 10.0 Å². The number of amides is 1. The Hall–Kier alpha value is -1.83. The minimum absolute atomic E-state index is 0. The number of sulfonamides is 1. The number of fused-ring (bicyclic) bond motifs is 1. The van der Waals surface area contributed by atoms with Crippen LogP contribution >= 0.6 is 35.3 Å². The Bertz CT molecular complexity index is 1340. The number of thiazole rings is 1. The topological polar surface area (TPSA) is 92.3 Å². The molecule has 3 rings (SSSR count). The van der Waals surface area contributed by atoms with E-state index >= 15 is 0 Å². The van der Waals surface area contributed by atoms with Crippen LogP contribution in [0.4, 0.5) is 5.13 Å². The van der Waals surface area contributed by atoms with Crippen molar-refractivity contribution in [2.45, 2.75) is 25.7 Å². The molecule has 0 unspecified atom stereocenters. The maximum Gasteiger partial charge on any atom is 0.260 e. The minimum atomic E-state index is -3.80. The van der Waals surface area contributed by atoms with Crippen LogP contribution < -0.4 is 4.90 Å². The molecule has 0 saturated carbocycles. The Kier molecular flexibility index (Phi) is 13.7. The predicted octanol–water partition coefficient (Wildman–Crippen LogP) is 4.95. The van der Waals surface area contributed by atoms with E-state index in [0.717, 1.165) is 28.9 Å². The molecule has 0 aliphatic rings. The molecule has 1 aromatic heterocycles. The third kappa shape index (κ3) is 8.36.